The summed E-state index contributed by atoms with van der Waals surface area (Å²) in [6.07, 6.45) is 0.817. The maximum absolute atomic E-state index is 13.7. The zero-order chi connectivity index (χ0) is 14.0. The molecule has 1 saturated carbocycles. The fourth-order valence-corrected chi connectivity index (χ4v) is 3.37. The summed E-state index contributed by atoms with van der Waals surface area (Å²) in [5.74, 6) is -0.371. The average Bonchev–Trinajstić information content (AvgIpc) is 3.02. The Hall–Kier alpha value is -0.980. The first-order valence-corrected chi connectivity index (χ1v) is 7.94. The second-order valence-electron chi connectivity index (χ2n) is 4.99. The van der Waals surface area contributed by atoms with Crippen LogP contribution in [0.1, 0.15) is 25.8 Å². The summed E-state index contributed by atoms with van der Waals surface area (Å²) in [7, 11) is -3.76. The largest absolute Gasteiger partial charge is 0.313 e. The SMILES string of the molecule is CCNCc1ccc(F)c(S(=O)(=O)NC2CC2C)c1. The molecule has 1 aliphatic carbocycles. The minimum absolute atomic E-state index is 0.0539. The Balaban J connectivity index is 2.21. The smallest absolute Gasteiger partial charge is 0.243 e. The average molecular weight is 286 g/mol. The third kappa shape index (κ3) is 3.52. The molecule has 2 N–H and O–H groups in total. The van der Waals surface area contributed by atoms with Crippen LogP contribution >= 0.6 is 0 Å². The molecule has 4 nitrogen and oxygen atoms in total. The monoisotopic (exact) mass is 286 g/mol. The van der Waals surface area contributed by atoms with Gasteiger partial charge in [-0.15, -0.1) is 0 Å². The van der Waals surface area contributed by atoms with Crippen LogP contribution in [0.15, 0.2) is 23.1 Å². The summed E-state index contributed by atoms with van der Waals surface area (Å²) in [5.41, 5.74) is 0.757. The maximum atomic E-state index is 13.7. The normalized spacial score (nSPS) is 22.5. The Morgan fingerprint density at radius 1 is 1.42 bits per heavy atom. The van der Waals surface area contributed by atoms with Crippen LogP contribution in [-0.2, 0) is 16.6 Å². The second kappa shape index (κ2) is 5.56. The van der Waals surface area contributed by atoms with Gasteiger partial charge < -0.3 is 5.32 Å². The number of sulfonamides is 1. The fraction of sp³-hybridized carbons (Fsp3) is 0.538. The van der Waals surface area contributed by atoms with Crippen LogP contribution in [0, 0.1) is 11.7 Å². The number of rotatable bonds is 6. The highest BCUT2D eigenvalue weighted by atomic mass is 32.2. The van der Waals surface area contributed by atoms with Crippen LogP contribution in [0.4, 0.5) is 4.39 Å². The first-order chi connectivity index (χ1) is 8.94. The molecule has 6 heteroatoms. The van der Waals surface area contributed by atoms with Crippen LogP contribution in [0.5, 0.6) is 0 Å². The van der Waals surface area contributed by atoms with E-state index in [2.05, 4.69) is 10.0 Å². The van der Waals surface area contributed by atoms with Gasteiger partial charge in [0.05, 0.1) is 0 Å². The molecule has 2 unspecified atom stereocenters. The standard InChI is InChI=1S/C13H19FN2O2S/c1-3-15-8-10-4-5-11(14)13(7-10)19(17,18)16-12-6-9(12)2/h4-5,7,9,12,15-16H,3,6,8H2,1-2H3. The van der Waals surface area contributed by atoms with Crippen molar-refractivity contribution in [2.75, 3.05) is 6.54 Å². The molecular weight excluding hydrogens is 267 g/mol. The lowest BCUT2D eigenvalue weighted by Gasteiger charge is -2.09. The van der Waals surface area contributed by atoms with E-state index < -0.39 is 15.8 Å². The molecule has 1 aromatic carbocycles. The highest BCUT2D eigenvalue weighted by molar-refractivity contribution is 7.89. The molecule has 0 spiro atoms. The lowest BCUT2D eigenvalue weighted by Crippen LogP contribution is -2.28. The highest BCUT2D eigenvalue weighted by Crippen LogP contribution is 2.31. The molecule has 19 heavy (non-hydrogen) atoms. The van der Waals surface area contributed by atoms with Crippen molar-refractivity contribution in [2.24, 2.45) is 5.92 Å². The van der Waals surface area contributed by atoms with Gasteiger partial charge in [-0.05, 0) is 36.6 Å². The first kappa shape index (κ1) is 14.4. The molecule has 1 aromatic rings. The molecule has 0 radical (unpaired) electrons. The predicted molar refractivity (Wildman–Crippen MR) is 71.7 cm³/mol. The number of halogens is 1. The molecule has 0 amide bonds. The zero-order valence-electron chi connectivity index (χ0n) is 11.1. The van der Waals surface area contributed by atoms with Crippen LogP contribution in [0.2, 0.25) is 0 Å². The Morgan fingerprint density at radius 3 is 2.68 bits per heavy atom. The van der Waals surface area contributed by atoms with E-state index in [1.54, 1.807) is 6.07 Å². The van der Waals surface area contributed by atoms with Crippen molar-refractivity contribution >= 4 is 10.0 Å². The van der Waals surface area contributed by atoms with Crippen molar-refractivity contribution in [3.8, 4) is 0 Å². The minimum Gasteiger partial charge on any atom is -0.313 e. The minimum atomic E-state index is -3.76. The molecule has 0 bridgehead atoms. The molecule has 1 fully saturated rings. The van der Waals surface area contributed by atoms with Gasteiger partial charge in [0.2, 0.25) is 10.0 Å². The van der Waals surface area contributed by atoms with E-state index in [-0.39, 0.29) is 10.9 Å². The molecule has 1 aliphatic rings. The van der Waals surface area contributed by atoms with Gasteiger partial charge in [-0.2, -0.15) is 0 Å². The Kier molecular flexibility index (Phi) is 4.23. The van der Waals surface area contributed by atoms with Gasteiger partial charge in [0.15, 0.2) is 0 Å². The predicted octanol–water partition coefficient (Wildman–Crippen LogP) is 1.62. The van der Waals surface area contributed by atoms with Crippen molar-refractivity contribution < 1.29 is 12.8 Å². The van der Waals surface area contributed by atoms with Crippen LogP contribution < -0.4 is 10.0 Å². The maximum Gasteiger partial charge on any atom is 0.243 e. The molecule has 2 rings (SSSR count). The lowest BCUT2D eigenvalue weighted by atomic mass is 10.2. The summed E-state index contributed by atoms with van der Waals surface area (Å²) in [4.78, 5) is -0.262. The molecule has 0 heterocycles. The van der Waals surface area contributed by atoms with Crippen molar-refractivity contribution in [2.45, 2.75) is 37.8 Å². The molecule has 2 atom stereocenters. The van der Waals surface area contributed by atoms with E-state index in [4.69, 9.17) is 0 Å². The van der Waals surface area contributed by atoms with Gasteiger partial charge in [0, 0.05) is 12.6 Å². The van der Waals surface area contributed by atoms with E-state index >= 15 is 0 Å². The van der Waals surface area contributed by atoms with E-state index in [1.807, 2.05) is 13.8 Å². The Morgan fingerprint density at radius 2 is 2.11 bits per heavy atom. The van der Waals surface area contributed by atoms with Gasteiger partial charge in [-0.3, -0.25) is 0 Å². The first-order valence-electron chi connectivity index (χ1n) is 6.45. The molecule has 106 valence electrons. The van der Waals surface area contributed by atoms with Crippen LogP contribution in [0.25, 0.3) is 0 Å². The number of benzene rings is 1. The van der Waals surface area contributed by atoms with E-state index in [0.29, 0.717) is 12.5 Å². The Bertz CT molecular complexity index is 560. The van der Waals surface area contributed by atoms with Gasteiger partial charge in [-0.1, -0.05) is 19.9 Å². The number of nitrogens with one attached hydrogen (secondary N) is 2. The van der Waals surface area contributed by atoms with Crippen molar-refractivity contribution in [1.82, 2.24) is 10.0 Å². The van der Waals surface area contributed by atoms with E-state index in [1.165, 1.54) is 12.1 Å². The summed E-state index contributed by atoms with van der Waals surface area (Å²) in [5, 5.41) is 3.09. The van der Waals surface area contributed by atoms with Crippen LogP contribution in [0.3, 0.4) is 0 Å². The van der Waals surface area contributed by atoms with Gasteiger partial charge >= 0.3 is 0 Å². The topological polar surface area (TPSA) is 58.2 Å². The van der Waals surface area contributed by atoms with Crippen LogP contribution in [-0.4, -0.2) is 21.0 Å². The van der Waals surface area contributed by atoms with Gasteiger partial charge in [0.1, 0.15) is 10.7 Å². The number of hydrogen-bond acceptors (Lipinski definition) is 3. The molecule has 0 aliphatic heterocycles. The lowest BCUT2D eigenvalue weighted by molar-refractivity contribution is 0.553. The van der Waals surface area contributed by atoms with E-state index in [0.717, 1.165) is 18.5 Å². The van der Waals surface area contributed by atoms with Crippen molar-refractivity contribution in [3.63, 3.8) is 0 Å². The Labute approximate surface area is 113 Å². The molecule has 0 aromatic heterocycles. The molecular formula is C13H19FN2O2S. The van der Waals surface area contributed by atoms with Crippen molar-refractivity contribution in [1.29, 1.82) is 0 Å². The van der Waals surface area contributed by atoms with Gasteiger partial charge in [0.25, 0.3) is 0 Å². The summed E-state index contributed by atoms with van der Waals surface area (Å²) < 4.78 is 40.5. The van der Waals surface area contributed by atoms with E-state index in [9.17, 15) is 12.8 Å². The highest BCUT2D eigenvalue weighted by Gasteiger charge is 2.37. The summed E-state index contributed by atoms with van der Waals surface area (Å²) in [6.45, 7) is 5.22. The third-order valence-corrected chi connectivity index (χ3v) is 4.79. The fourth-order valence-electron chi connectivity index (χ4n) is 1.88. The summed E-state index contributed by atoms with van der Waals surface area (Å²) in [6, 6.07) is 4.14. The summed E-state index contributed by atoms with van der Waals surface area (Å²) >= 11 is 0. The quantitative estimate of drug-likeness (QED) is 0.835. The zero-order valence-corrected chi connectivity index (χ0v) is 11.9. The van der Waals surface area contributed by atoms with Crippen molar-refractivity contribution in [3.05, 3.63) is 29.6 Å². The second-order valence-corrected chi connectivity index (χ2v) is 6.67. The third-order valence-electron chi connectivity index (χ3n) is 3.28. The molecule has 0 saturated heterocycles. The van der Waals surface area contributed by atoms with Gasteiger partial charge in [-0.25, -0.2) is 17.5 Å². The number of hydrogen-bond donors (Lipinski definition) is 2.